The summed E-state index contributed by atoms with van der Waals surface area (Å²) in [6.45, 7) is 6.93. The molecule has 2 N–H and O–H groups in total. The van der Waals surface area contributed by atoms with Gasteiger partial charge in [-0.05, 0) is 43.5 Å². The first kappa shape index (κ1) is 19.5. The number of benzene rings is 2. The standard InChI is InChI=1S/C19H25NO2.ClH/c1-14-9-10-15(2)19(11-14)22-13-18(21)12-20-16(3)17-7-5-4-6-8-17;/h4-11,16,18,20-21H,12-13H2,1-3H3;1H/p-1. The van der Waals surface area contributed by atoms with E-state index in [1.165, 1.54) is 5.56 Å². The molecule has 0 aliphatic carbocycles. The number of aryl methyl sites for hydroxylation is 2. The maximum atomic E-state index is 10.1. The molecule has 0 saturated heterocycles. The van der Waals surface area contributed by atoms with Crippen LogP contribution < -0.4 is 22.5 Å². The molecule has 2 rings (SSSR count). The number of hydrogen-bond donors (Lipinski definition) is 2. The lowest BCUT2D eigenvalue weighted by Crippen LogP contribution is -3.00. The highest BCUT2D eigenvalue weighted by molar-refractivity contribution is 5.35. The average molecular weight is 335 g/mol. The summed E-state index contributed by atoms with van der Waals surface area (Å²) in [5, 5.41) is 13.4. The molecule has 2 aromatic carbocycles. The van der Waals surface area contributed by atoms with Crippen LogP contribution in [0.15, 0.2) is 48.5 Å². The van der Waals surface area contributed by atoms with Crippen molar-refractivity contribution in [3.63, 3.8) is 0 Å². The summed E-state index contributed by atoms with van der Waals surface area (Å²) in [7, 11) is 0. The molecule has 0 heterocycles. The molecule has 2 aromatic rings. The van der Waals surface area contributed by atoms with Gasteiger partial charge < -0.3 is 27.6 Å². The first-order valence-corrected chi connectivity index (χ1v) is 7.72. The van der Waals surface area contributed by atoms with Crippen LogP contribution in [0.1, 0.15) is 29.7 Å². The van der Waals surface area contributed by atoms with Gasteiger partial charge in [0.25, 0.3) is 0 Å². The van der Waals surface area contributed by atoms with Gasteiger partial charge in [-0.2, -0.15) is 0 Å². The molecule has 0 bridgehead atoms. The van der Waals surface area contributed by atoms with Crippen LogP contribution >= 0.6 is 0 Å². The zero-order chi connectivity index (χ0) is 15.9. The fourth-order valence-electron chi connectivity index (χ4n) is 2.28. The molecule has 0 saturated carbocycles. The number of hydrogen-bond acceptors (Lipinski definition) is 3. The maximum Gasteiger partial charge on any atom is 0.122 e. The third-order valence-electron chi connectivity index (χ3n) is 3.73. The topological polar surface area (TPSA) is 41.5 Å². The third-order valence-corrected chi connectivity index (χ3v) is 3.73. The van der Waals surface area contributed by atoms with Crippen molar-refractivity contribution >= 4 is 0 Å². The summed E-state index contributed by atoms with van der Waals surface area (Å²) in [4.78, 5) is 0. The Balaban J connectivity index is 0.00000264. The van der Waals surface area contributed by atoms with Gasteiger partial charge in [-0.15, -0.1) is 0 Å². The van der Waals surface area contributed by atoms with E-state index < -0.39 is 6.10 Å². The predicted octanol–water partition coefficient (Wildman–Crippen LogP) is 0.398. The van der Waals surface area contributed by atoms with Crippen LogP contribution in [0.5, 0.6) is 5.75 Å². The molecule has 0 aromatic heterocycles. The minimum atomic E-state index is -0.536. The highest BCUT2D eigenvalue weighted by Gasteiger charge is 2.10. The van der Waals surface area contributed by atoms with E-state index in [4.69, 9.17) is 4.74 Å². The molecule has 4 heteroatoms. The Morgan fingerprint density at radius 1 is 1.09 bits per heavy atom. The number of aliphatic hydroxyl groups is 1. The van der Waals surface area contributed by atoms with Crippen LogP contribution in [0.2, 0.25) is 0 Å². The summed E-state index contributed by atoms with van der Waals surface area (Å²) in [5.41, 5.74) is 3.46. The van der Waals surface area contributed by atoms with Gasteiger partial charge in [-0.1, -0.05) is 42.5 Å². The van der Waals surface area contributed by atoms with Crippen LogP contribution in [-0.2, 0) is 0 Å². The molecular weight excluding hydrogens is 310 g/mol. The molecule has 0 aliphatic rings. The highest BCUT2D eigenvalue weighted by Crippen LogP contribution is 2.19. The summed E-state index contributed by atoms with van der Waals surface area (Å²) in [5.74, 6) is 0.843. The molecule has 0 fully saturated rings. The molecule has 0 radical (unpaired) electrons. The van der Waals surface area contributed by atoms with Gasteiger partial charge >= 0.3 is 0 Å². The van der Waals surface area contributed by atoms with Crippen molar-refractivity contribution in [1.29, 1.82) is 0 Å². The maximum absolute atomic E-state index is 10.1. The first-order valence-electron chi connectivity index (χ1n) is 7.72. The number of aliphatic hydroxyl groups excluding tert-OH is 1. The Labute approximate surface area is 145 Å². The van der Waals surface area contributed by atoms with E-state index in [1.54, 1.807) is 0 Å². The van der Waals surface area contributed by atoms with Crippen LogP contribution in [0.3, 0.4) is 0 Å². The second kappa shape index (κ2) is 9.56. The lowest BCUT2D eigenvalue weighted by Gasteiger charge is -2.18. The Morgan fingerprint density at radius 2 is 1.78 bits per heavy atom. The van der Waals surface area contributed by atoms with Gasteiger partial charge in [0.15, 0.2) is 0 Å². The van der Waals surface area contributed by atoms with Gasteiger partial charge in [0.1, 0.15) is 18.5 Å². The van der Waals surface area contributed by atoms with E-state index in [1.807, 2.05) is 44.2 Å². The van der Waals surface area contributed by atoms with Gasteiger partial charge in [0.2, 0.25) is 0 Å². The average Bonchev–Trinajstić information content (AvgIpc) is 2.54. The molecular formula is C19H25ClNO2-. The van der Waals surface area contributed by atoms with Crippen LogP contribution in [0.25, 0.3) is 0 Å². The number of rotatable bonds is 7. The summed E-state index contributed by atoms with van der Waals surface area (Å²) >= 11 is 0. The molecule has 3 nitrogen and oxygen atoms in total. The van der Waals surface area contributed by atoms with Crippen molar-refractivity contribution in [2.75, 3.05) is 13.2 Å². The summed E-state index contributed by atoms with van der Waals surface area (Å²) in [6, 6.07) is 16.5. The summed E-state index contributed by atoms with van der Waals surface area (Å²) < 4.78 is 5.73. The highest BCUT2D eigenvalue weighted by atomic mass is 35.5. The van der Waals surface area contributed by atoms with E-state index >= 15 is 0 Å². The molecule has 2 unspecified atom stereocenters. The minimum absolute atomic E-state index is 0. The largest absolute Gasteiger partial charge is 1.00 e. The smallest absolute Gasteiger partial charge is 0.122 e. The third kappa shape index (κ3) is 6.22. The fourth-order valence-corrected chi connectivity index (χ4v) is 2.28. The Morgan fingerprint density at radius 3 is 2.48 bits per heavy atom. The fraction of sp³-hybridized carbons (Fsp3) is 0.368. The van der Waals surface area contributed by atoms with Gasteiger partial charge in [0.05, 0.1) is 0 Å². The minimum Gasteiger partial charge on any atom is -1.00 e. The van der Waals surface area contributed by atoms with E-state index in [-0.39, 0.29) is 18.4 Å². The zero-order valence-corrected chi connectivity index (χ0v) is 14.7. The van der Waals surface area contributed by atoms with E-state index in [2.05, 4.69) is 30.4 Å². The van der Waals surface area contributed by atoms with E-state index in [0.29, 0.717) is 13.2 Å². The van der Waals surface area contributed by atoms with E-state index in [0.717, 1.165) is 16.9 Å². The molecule has 0 amide bonds. The lowest BCUT2D eigenvalue weighted by molar-refractivity contribution is -0.00000649. The number of nitrogens with one attached hydrogen (secondary N) is 1. The molecule has 126 valence electrons. The SMILES string of the molecule is Cc1ccc(C)c(OCC(O)CNC(C)c2ccccc2)c1.[Cl-]. The van der Waals surface area contributed by atoms with Crippen LogP contribution in [0, 0.1) is 13.8 Å². The van der Waals surface area contributed by atoms with Crippen molar-refractivity contribution < 1.29 is 22.3 Å². The molecule has 0 spiro atoms. The van der Waals surface area contributed by atoms with Crippen molar-refractivity contribution in [2.45, 2.75) is 32.9 Å². The zero-order valence-electron chi connectivity index (χ0n) is 13.9. The Kier molecular flexibility index (Phi) is 8.10. The molecule has 0 aliphatic heterocycles. The van der Waals surface area contributed by atoms with Crippen molar-refractivity contribution in [3.8, 4) is 5.75 Å². The van der Waals surface area contributed by atoms with Crippen molar-refractivity contribution in [2.24, 2.45) is 0 Å². The Bertz CT molecular complexity index is 589. The number of halogens is 1. The van der Waals surface area contributed by atoms with Gasteiger partial charge in [-0.25, -0.2) is 0 Å². The van der Waals surface area contributed by atoms with Gasteiger partial charge in [-0.3, -0.25) is 0 Å². The monoisotopic (exact) mass is 334 g/mol. The van der Waals surface area contributed by atoms with Crippen molar-refractivity contribution in [3.05, 3.63) is 65.2 Å². The van der Waals surface area contributed by atoms with E-state index in [9.17, 15) is 5.11 Å². The van der Waals surface area contributed by atoms with Crippen molar-refractivity contribution in [1.82, 2.24) is 5.32 Å². The van der Waals surface area contributed by atoms with Gasteiger partial charge in [0, 0.05) is 12.6 Å². The first-order chi connectivity index (χ1) is 10.6. The van der Waals surface area contributed by atoms with Crippen LogP contribution in [-0.4, -0.2) is 24.4 Å². The molecule has 2 atom stereocenters. The second-order valence-corrected chi connectivity index (χ2v) is 5.77. The van der Waals surface area contributed by atoms with Crippen LogP contribution in [0.4, 0.5) is 0 Å². The Hall–Kier alpha value is -1.55. The number of ether oxygens (including phenoxy) is 1. The molecule has 23 heavy (non-hydrogen) atoms. The predicted molar refractivity (Wildman–Crippen MR) is 90.3 cm³/mol. The second-order valence-electron chi connectivity index (χ2n) is 5.77. The summed E-state index contributed by atoms with van der Waals surface area (Å²) in [6.07, 6.45) is -0.536. The lowest BCUT2D eigenvalue weighted by atomic mass is 10.1. The normalized spacial score (nSPS) is 13.0. The quantitative estimate of drug-likeness (QED) is 0.770.